The van der Waals surface area contributed by atoms with Crippen LogP contribution in [0.5, 0.6) is 5.75 Å². The molecule has 0 saturated carbocycles. The van der Waals surface area contributed by atoms with Crippen molar-refractivity contribution in [3.8, 4) is 5.75 Å². The SMILES string of the molecule is CCOC(=O)/C(=C\c1ccccc1)NC(=O)c1ccc(OCC(C)C)cc1. The first kappa shape index (κ1) is 20.2. The van der Waals surface area contributed by atoms with Crippen LogP contribution in [0, 0.1) is 5.92 Å². The van der Waals surface area contributed by atoms with Gasteiger partial charge in [-0.15, -0.1) is 0 Å². The summed E-state index contributed by atoms with van der Waals surface area (Å²) in [6.07, 6.45) is 1.59. The molecule has 0 heterocycles. The molecule has 2 rings (SSSR count). The second kappa shape index (κ2) is 10.2. The number of carbonyl (C=O) groups is 2. The van der Waals surface area contributed by atoms with Crippen molar-refractivity contribution in [2.45, 2.75) is 20.8 Å². The van der Waals surface area contributed by atoms with Crippen LogP contribution in [0.3, 0.4) is 0 Å². The Morgan fingerprint density at radius 3 is 2.30 bits per heavy atom. The van der Waals surface area contributed by atoms with Gasteiger partial charge in [-0.05, 0) is 48.7 Å². The summed E-state index contributed by atoms with van der Waals surface area (Å²) in [6.45, 7) is 6.69. The maximum Gasteiger partial charge on any atom is 0.354 e. The zero-order valence-corrected chi connectivity index (χ0v) is 15.9. The summed E-state index contributed by atoms with van der Waals surface area (Å²) in [5, 5.41) is 2.64. The van der Waals surface area contributed by atoms with Gasteiger partial charge in [-0.25, -0.2) is 4.79 Å². The fourth-order valence-electron chi connectivity index (χ4n) is 2.23. The zero-order valence-electron chi connectivity index (χ0n) is 15.9. The summed E-state index contributed by atoms with van der Waals surface area (Å²) >= 11 is 0. The molecule has 5 heteroatoms. The van der Waals surface area contributed by atoms with Crippen LogP contribution in [0.2, 0.25) is 0 Å². The van der Waals surface area contributed by atoms with E-state index in [1.165, 1.54) is 0 Å². The van der Waals surface area contributed by atoms with Crippen molar-refractivity contribution in [1.82, 2.24) is 5.32 Å². The van der Waals surface area contributed by atoms with Crippen LogP contribution in [0.25, 0.3) is 6.08 Å². The van der Waals surface area contributed by atoms with Crippen LogP contribution in [-0.4, -0.2) is 25.1 Å². The number of amides is 1. The highest BCUT2D eigenvalue weighted by Gasteiger charge is 2.15. The van der Waals surface area contributed by atoms with E-state index in [1.807, 2.05) is 30.3 Å². The lowest BCUT2D eigenvalue weighted by atomic mass is 10.1. The third-order valence-corrected chi connectivity index (χ3v) is 3.55. The van der Waals surface area contributed by atoms with Crippen LogP contribution in [0.1, 0.15) is 36.7 Å². The first-order valence-corrected chi connectivity index (χ1v) is 8.97. The molecule has 0 saturated heterocycles. The van der Waals surface area contributed by atoms with Crippen molar-refractivity contribution in [3.05, 3.63) is 71.4 Å². The van der Waals surface area contributed by atoms with E-state index in [-0.39, 0.29) is 18.2 Å². The molecule has 0 radical (unpaired) electrons. The molecule has 27 heavy (non-hydrogen) atoms. The van der Waals surface area contributed by atoms with Gasteiger partial charge in [-0.3, -0.25) is 4.79 Å². The molecule has 0 aliphatic rings. The molecule has 0 aliphatic carbocycles. The van der Waals surface area contributed by atoms with Gasteiger partial charge >= 0.3 is 5.97 Å². The monoisotopic (exact) mass is 367 g/mol. The topological polar surface area (TPSA) is 64.6 Å². The summed E-state index contributed by atoms with van der Waals surface area (Å²) in [6, 6.07) is 16.1. The molecule has 0 bridgehead atoms. The lowest BCUT2D eigenvalue weighted by Crippen LogP contribution is -2.28. The van der Waals surface area contributed by atoms with Gasteiger partial charge in [-0.1, -0.05) is 44.2 Å². The average Bonchev–Trinajstić information content (AvgIpc) is 2.67. The summed E-state index contributed by atoms with van der Waals surface area (Å²) < 4.78 is 10.7. The van der Waals surface area contributed by atoms with E-state index >= 15 is 0 Å². The molecule has 0 fully saturated rings. The predicted molar refractivity (Wildman–Crippen MR) is 105 cm³/mol. The van der Waals surface area contributed by atoms with Crippen molar-refractivity contribution >= 4 is 18.0 Å². The van der Waals surface area contributed by atoms with Crippen molar-refractivity contribution in [3.63, 3.8) is 0 Å². The zero-order chi connectivity index (χ0) is 19.6. The maximum atomic E-state index is 12.5. The van der Waals surface area contributed by atoms with E-state index in [0.717, 1.165) is 5.56 Å². The van der Waals surface area contributed by atoms with E-state index < -0.39 is 5.97 Å². The normalized spacial score (nSPS) is 11.2. The molecule has 2 aromatic carbocycles. The molecule has 0 spiro atoms. The third-order valence-electron chi connectivity index (χ3n) is 3.55. The van der Waals surface area contributed by atoms with E-state index in [9.17, 15) is 9.59 Å². The molecule has 0 aromatic heterocycles. The smallest absolute Gasteiger partial charge is 0.354 e. The van der Waals surface area contributed by atoms with Crippen LogP contribution in [-0.2, 0) is 9.53 Å². The minimum Gasteiger partial charge on any atom is -0.493 e. The van der Waals surface area contributed by atoms with Gasteiger partial charge in [0, 0.05) is 5.56 Å². The van der Waals surface area contributed by atoms with Gasteiger partial charge in [0.05, 0.1) is 13.2 Å². The Kier molecular flexibility index (Phi) is 7.62. The average molecular weight is 367 g/mol. The molecular weight excluding hydrogens is 342 g/mol. The van der Waals surface area contributed by atoms with Gasteiger partial charge in [0.2, 0.25) is 0 Å². The lowest BCUT2D eigenvalue weighted by Gasteiger charge is -2.11. The highest BCUT2D eigenvalue weighted by Crippen LogP contribution is 2.14. The summed E-state index contributed by atoms with van der Waals surface area (Å²) in [4.78, 5) is 24.7. The van der Waals surface area contributed by atoms with E-state index in [1.54, 1.807) is 37.3 Å². The maximum absolute atomic E-state index is 12.5. The molecule has 1 N–H and O–H groups in total. The Morgan fingerprint density at radius 2 is 1.70 bits per heavy atom. The van der Waals surface area contributed by atoms with Gasteiger partial charge in [0.15, 0.2) is 0 Å². The number of rotatable bonds is 8. The van der Waals surface area contributed by atoms with Crippen LogP contribution in [0.4, 0.5) is 0 Å². The van der Waals surface area contributed by atoms with E-state index in [0.29, 0.717) is 23.8 Å². The van der Waals surface area contributed by atoms with Crippen molar-refractivity contribution < 1.29 is 19.1 Å². The molecule has 2 aromatic rings. The fourth-order valence-corrected chi connectivity index (χ4v) is 2.23. The number of esters is 1. The second-order valence-electron chi connectivity index (χ2n) is 6.37. The van der Waals surface area contributed by atoms with Gasteiger partial charge in [-0.2, -0.15) is 0 Å². The molecule has 0 unspecified atom stereocenters. The van der Waals surface area contributed by atoms with Crippen LogP contribution < -0.4 is 10.1 Å². The lowest BCUT2D eigenvalue weighted by molar-refractivity contribution is -0.138. The number of carbonyl (C=O) groups excluding carboxylic acids is 2. The number of hydrogen-bond acceptors (Lipinski definition) is 4. The minimum atomic E-state index is -0.577. The van der Waals surface area contributed by atoms with Gasteiger partial charge in [0.25, 0.3) is 5.91 Å². The standard InChI is InChI=1S/C22H25NO4/c1-4-26-22(25)20(14-17-8-6-5-7-9-17)23-21(24)18-10-12-19(13-11-18)27-15-16(2)3/h5-14,16H,4,15H2,1-3H3,(H,23,24)/b20-14+. The molecule has 5 nitrogen and oxygen atoms in total. The molecule has 1 amide bonds. The first-order chi connectivity index (χ1) is 13.0. The number of ether oxygens (including phenoxy) is 2. The fraction of sp³-hybridized carbons (Fsp3) is 0.273. The van der Waals surface area contributed by atoms with Gasteiger partial charge in [0.1, 0.15) is 11.4 Å². The summed E-state index contributed by atoms with van der Waals surface area (Å²) in [5.74, 6) is 0.154. The van der Waals surface area contributed by atoms with E-state index in [4.69, 9.17) is 9.47 Å². The number of hydrogen-bond donors (Lipinski definition) is 1. The third kappa shape index (κ3) is 6.62. The molecule has 0 atom stereocenters. The summed E-state index contributed by atoms with van der Waals surface area (Å²) in [7, 11) is 0. The van der Waals surface area contributed by atoms with Crippen molar-refractivity contribution in [2.75, 3.05) is 13.2 Å². The Bertz CT molecular complexity index is 780. The highest BCUT2D eigenvalue weighted by molar-refractivity contribution is 6.03. The Hall–Kier alpha value is -3.08. The van der Waals surface area contributed by atoms with Crippen LogP contribution >= 0.6 is 0 Å². The molecule has 0 aliphatic heterocycles. The number of nitrogens with one attached hydrogen (secondary N) is 1. The molecular formula is C22H25NO4. The molecule has 142 valence electrons. The first-order valence-electron chi connectivity index (χ1n) is 8.97. The van der Waals surface area contributed by atoms with E-state index in [2.05, 4.69) is 19.2 Å². The number of benzene rings is 2. The predicted octanol–water partition coefficient (Wildman–Crippen LogP) is 4.06. The minimum absolute atomic E-state index is 0.0909. The quantitative estimate of drug-likeness (QED) is 0.565. The highest BCUT2D eigenvalue weighted by atomic mass is 16.5. The van der Waals surface area contributed by atoms with Crippen LogP contribution in [0.15, 0.2) is 60.3 Å². The van der Waals surface area contributed by atoms with Gasteiger partial charge < -0.3 is 14.8 Å². The largest absolute Gasteiger partial charge is 0.493 e. The summed E-state index contributed by atoms with van der Waals surface area (Å²) in [5.41, 5.74) is 1.31. The van der Waals surface area contributed by atoms with Crippen molar-refractivity contribution in [1.29, 1.82) is 0 Å². The Balaban J connectivity index is 2.13. The Morgan fingerprint density at radius 1 is 1.04 bits per heavy atom. The second-order valence-corrected chi connectivity index (χ2v) is 6.37. The Labute approximate surface area is 160 Å². The van der Waals surface area contributed by atoms with Crippen molar-refractivity contribution in [2.24, 2.45) is 5.92 Å².